The number of para-hydroxylation sites is 1. The van der Waals surface area contributed by atoms with E-state index < -0.39 is 0 Å². The standard InChI is InChI=1S/C13H10ClN5O2/c14-10-4-11(19-13(18-10)16-6-17-19)15-5-8-2-1-3-9-12(8)21-7-20-9/h1-4,6,15H,5,7H2. The van der Waals surface area contributed by atoms with E-state index in [0.29, 0.717) is 23.3 Å². The number of ether oxygens (including phenoxy) is 2. The molecule has 3 heterocycles. The van der Waals surface area contributed by atoms with Gasteiger partial charge in [0.1, 0.15) is 17.3 Å². The van der Waals surface area contributed by atoms with Gasteiger partial charge in [0.2, 0.25) is 6.79 Å². The third kappa shape index (κ3) is 2.11. The van der Waals surface area contributed by atoms with Crippen LogP contribution in [0.15, 0.2) is 30.6 Å². The molecular formula is C13H10ClN5O2. The van der Waals surface area contributed by atoms with E-state index >= 15 is 0 Å². The quantitative estimate of drug-likeness (QED) is 0.747. The molecule has 7 nitrogen and oxygen atoms in total. The Kier molecular flexibility index (Phi) is 2.78. The zero-order valence-corrected chi connectivity index (χ0v) is 11.5. The number of nitrogens with one attached hydrogen (secondary N) is 1. The van der Waals surface area contributed by atoms with Gasteiger partial charge in [-0.3, -0.25) is 0 Å². The van der Waals surface area contributed by atoms with Crippen LogP contribution in [0.3, 0.4) is 0 Å². The maximum absolute atomic E-state index is 5.98. The van der Waals surface area contributed by atoms with Gasteiger partial charge >= 0.3 is 0 Å². The number of hydrogen-bond acceptors (Lipinski definition) is 6. The summed E-state index contributed by atoms with van der Waals surface area (Å²) in [5.74, 6) is 2.68. The summed E-state index contributed by atoms with van der Waals surface area (Å²) in [4.78, 5) is 8.10. The molecule has 0 saturated heterocycles. The maximum Gasteiger partial charge on any atom is 0.255 e. The molecule has 0 radical (unpaired) electrons. The highest BCUT2D eigenvalue weighted by molar-refractivity contribution is 6.29. The van der Waals surface area contributed by atoms with Gasteiger partial charge < -0.3 is 14.8 Å². The summed E-state index contributed by atoms with van der Waals surface area (Å²) < 4.78 is 12.4. The van der Waals surface area contributed by atoms with Crippen molar-refractivity contribution in [2.75, 3.05) is 12.1 Å². The van der Waals surface area contributed by atoms with E-state index in [-0.39, 0.29) is 6.79 Å². The summed E-state index contributed by atoms with van der Waals surface area (Å²) in [6.45, 7) is 0.794. The Labute approximate surface area is 124 Å². The van der Waals surface area contributed by atoms with Crippen molar-refractivity contribution in [3.63, 3.8) is 0 Å². The van der Waals surface area contributed by atoms with Gasteiger partial charge in [-0.15, -0.1) is 0 Å². The fraction of sp³-hybridized carbons (Fsp3) is 0.154. The highest BCUT2D eigenvalue weighted by atomic mass is 35.5. The normalized spacial score (nSPS) is 12.8. The van der Waals surface area contributed by atoms with Gasteiger partial charge in [-0.1, -0.05) is 23.7 Å². The van der Waals surface area contributed by atoms with Crippen LogP contribution in [0.25, 0.3) is 5.78 Å². The first-order valence-electron chi connectivity index (χ1n) is 6.29. The van der Waals surface area contributed by atoms with Crippen LogP contribution in [0, 0.1) is 0 Å². The Morgan fingerprint density at radius 3 is 3.24 bits per heavy atom. The second-order valence-electron chi connectivity index (χ2n) is 4.44. The van der Waals surface area contributed by atoms with E-state index in [2.05, 4.69) is 20.4 Å². The fourth-order valence-electron chi connectivity index (χ4n) is 2.22. The average Bonchev–Trinajstić information content (AvgIpc) is 3.12. The summed E-state index contributed by atoms with van der Waals surface area (Å²) >= 11 is 5.98. The monoisotopic (exact) mass is 303 g/mol. The fourth-order valence-corrected chi connectivity index (χ4v) is 2.40. The van der Waals surface area contributed by atoms with Crippen molar-refractivity contribution in [3.8, 4) is 11.5 Å². The molecule has 1 aliphatic rings. The summed E-state index contributed by atoms with van der Waals surface area (Å²) in [5, 5.41) is 7.73. The predicted octanol–water partition coefficient (Wildman–Crippen LogP) is 2.12. The van der Waals surface area contributed by atoms with Crippen LogP contribution in [0.1, 0.15) is 5.56 Å². The Bertz CT molecular complexity index is 819. The van der Waals surface area contributed by atoms with Crippen molar-refractivity contribution < 1.29 is 9.47 Å². The van der Waals surface area contributed by atoms with Crippen molar-refractivity contribution in [2.45, 2.75) is 6.54 Å². The Hall–Kier alpha value is -2.54. The first-order chi connectivity index (χ1) is 10.3. The molecule has 2 aromatic heterocycles. The van der Waals surface area contributed by atoms with Crippen molar-refractivity contribution in [1.82, 2.24) is 19.6 Å². The molecule has 1 aliphatic heterocycles. The number of fused-ring (bicyclic) bond motifs is 2. The molecule has 0 aliphatic carbocycles. The lowest BCUT2D eigenvalue weighted by Crippen LogP contribution is -2.07. The smallest absolute Gasteiger partial charge is 0.255 e. The molecular weight excluding hydrogens is 294 g/mol. The van der Waals surface area contributed by atoms with Crippen molar-refractivity contribution in [1.29, 1.82) is 0 Å². The zero-order valence-electron chi connectivity index (χ0n) is 10.8. The zero-order chi connectivity index (χ0) is 14.2. The number of nitrogens with zero attached hydrogens (tertiary/aromatic N) is 4. The SMILES string of the molecule is Clc1cc(NCc2cccc3c2OCO3)n2ncnc2n1. The van der Waals surface area contributed by atoms with Crippen molar-refractivity contribution in [3.05, 3.63) is 41.3 Å². The van der Waals surface area contributed by atoms with E-state index in [0.717, 1.165) is 17.1 Å². The van der Waals surface area contributed by atoms with E-state index in [1.165, 1.54) is 6.33 Å². The third-order valence-electron chi connectivity index (χ3n) is 3.16. The molecule has 0 fully saturated rings. The maximum atomic E-state index is 5.98. The molecule has 1 N–H and O–H groups in total. The minimum Gasteiger partial charge on any atom is -0.454 e. The Balaban J connectivity index is 1.64. The van der Waals surface area contributed by atoms with Crippen LogP contribution in [0.2, 0.25) is 5.15 Å². The molecule has 106 valence electrons. The molecule has 0 spiro atoms. The number of benzene rings is 1. The minimum absolute atomic E-state index is 0.251. The molecule has 0 saturated carbocycles. The predicted molar refractivity (Wildman–Crippen MR) is 75.7 cm³/mol. The van der Waals surface area contributed by atoms with Gasteiger partial charge in [0.15, 0.2) is 11.5 Å². The van der Waals surface area contributed by atoms with Crippen LogP contribution < -0.4 is 14.8 Å². The molecule has 3 aromatic rings. The first-order valence-corrected chi connectivity index (χ1v) is 6.67. The Morgan fingerprint density at radius 2 is 2.29 bits per heavy atom. The van der Waals surface area contributed by atoms with Crippen LogP contribution in [-0.4, -0.2) is 26.4 Å². The highest BCUT2D eigenvalue weighted by Gasteiger charge is 2.17. The van der Waals surface area contributed by atoms with Gasteiger partial charge in [-0.2, -0.15) is 19.6 Å². The van der Waals surface area contributed by atoms with Gasteiger partial charge in [0.05, 0.1) is 0 Å². The lowest BCUT2D eigenvalue weighted by atomic mass is 10.2. The lowest BCUT2D eigenvalue weighted by Gasteiger charge is -2.10. The van der Waals surface area contributed by atoms with E-state index in [1.54, 1.807) is 10.6 Å². The minimum atomic E-state index is 0.251. The second kappa shape index (κ2) is 4.78. The Morgan fingerprint density at radius 1 is 1.33 bits per heavy atom. The van der Waals surface area contributed by atoms with Gasteiger partial charge in [0, 0.05) is 18.2 Å². The molecule has 21 heavy (non-hydrogen) atoms. The molecule has 4 rings (SSSR count). The molecule has 0 atom stereocenters. The van der Waals surface area contributed by atoms with E-state index in [9.17, 15) is 0 Å². The van der Waals surface area contributed by atoms with Crippen LogP contribution in [0.5, 0.6) is 11.5 Å². The molecule has 0 bridgehead atoms. The highest BCUT2D eigenvalue weighted by Crippen LogP contribution is 2.35. The molecule has 0 unspecified atom stereocenters. The third-order valence-corrected chi connectivity index (χ3v) is 3.35. The number of aromatic nitrogens is 4. The van der Waals surface area contributed by atoms with Crippen molar-refractivity contribution >= 4 is 23.2 Å². The first kappa shape index (κ1) is 12.2. The summed E-state index contributed by atoms with van der Waals surface area (Å²) in [6, 6.07) is 7.48. The van der Waals surface area contributed by atoms with Crippen molar-refractivity contribution in [2.24, 2.45) is 0 Å². The van der Waals surface area contributed by atoms with Crippen LogP contribution >= 0.6 is 11.6 Å². The van der Waals surface area contributed by atoms with Crippen LogP contribution in [0.4, 0.5) is 5.82 Å². The number of anilines is 1. The largest absolute Gasteiger partial charge is 0.454 e. The number of hydrogen-bond donors (Lipinski definition) is 1. The van der Waals surface area contributed by atoms with Gasteiger partial charge in [-0.05, 0) is 6.07 Å². The van der Waals surface area contributed by atoms with E-state index in [4.69, 9.17) is 21.1 Å². The number of rotatable bonds is 3. The number of halogens is 1. The summed E-state index contributed by atoms with van der Waals surface area (Å²) in [5.41, 5.74) is 0.992. The van der Waals surface area contributed by atoms with Gasteiger partial charge in [0.25, 0.3) is 5.78 Å². The average molecular weight is 304 g/mol. The van der Waals surface area contributed by atoms with E-state index in [1.807, 2.05) is 18.2 Å². The molecule has 8 heteroatoms. The van der Waals surface area contributed by atoms with Crippen LogP contribution in [-0.2, 0) is 6.54 Å². The topological polar surface area (TPSA) is 73.6 Å². The lowest BCUT2D eigenvalue weighted by molar-refractivity contribution is 0.173. The van der Waals surface area contributed by atoms with Gasteiger partial charge in [-0.25, -0.2) is 0 Å². The summed E-state index contributed by atoms with van der Waals surface area (Å²) in [6.07, 6.45) is 1.43. The second-order valence-corrected chi connectivity index (χ2v) is 4.83. The molecule has 1 aromatic carbocycles. The molecule has 0 amide bonds. The summed E-state index contributed by atoms with van der Waals surface area (Å²) in [7, 11) is 0.